The van der Waals surface area contributed by atoms with Crippen molar-refractivity contribution in [2.75, 3.05) is 44.7 Å². The van der Waals surface area contributed by atoms with Gasteiger partial charge in [-0.05, 0) is 56.8 Å². The molecule has 0 amide bonds. The summed E-state index contributed by atoms with van der Waals surface area (Å²) in [6.45, 7) is 7.63. The molecule has 3 aliphatic rings. The van der Waals surface area contributed by atoms with Crippen LogP contribution in [0.25, 0.3) is 10.9 Å². The third kappa shape index (κ3) is 4.17. The number of anilines is 1. The molecule has 0 saturated carbocycles. The first kappa shape index (κ1) is 21.9. The van der Waals surface area contributed by atoms with Gasteiger partial charge in [0.2, 0.25) is 0 Å². The second-order valence-corrected chi connectivity index (χ2v) is 10.7. The van der Waals surface area contributed by atoms with Gasteiger partial charge >= 0.3 is 0 Å². The van der Waals surface area contributed by atoms with Gasteiger partial charge in [-0.15, -0.1) is 0 Å². The average molecular weight is 458 g/mol. The zero-order valence-corrected chi connectivity index (χ0v) is 20.3. The number of nitrogens with zero attached hydrogens (tertiary/aromatic N) is 5. The van der Waals surface area contributed by atoms with Gasteiger partial charge in [-0.3, -0.25) is 15.8 Å². The molecule has 0 aliphatic carbocycles. The second kappa shape index (κ2) is 8.87. The molecule has 7 heteroatoms. The van der Waals surface area contributed by atoms with Crippen molar-refractivity contribution in [1.82, 2.24) is 30.7 Å². The highest BCUT2D eigenvalue weighted by molar-refractivity contribution is 5.89. The topological polar surface area (TPSA) is 69.2 Å². The van der Waals surface area contributed by atoms with Gasteiger partial charge in [0.15, 0.2) is 0 Å². The third-order valence-corrected chi connectivity index (χ3v) is 8.20. The summed E-state index contributed by atoms with van der Waals surface area (Å²) in [5.41, 5.74) is 10.4. The molecular weight excluding hydrogens is 422 g/mol. The summed E-state index contributed by atoms with van der Waals surface area (Å²) in [7, 11) is 2.26. The Labute approximate surface area is 202 Å². The van der Waals surface area contributed by atoms with E-state index >= 15 is 0 Å². The predicted molar refractivity (Wildman–Crippen MR) is 136 cm³/mol. The van der Waals surface area contributed by atoms with Crippen molar-refractivity contribution in [2.45, 2.75) is 44.6 Å². The van der Waals surface area contributed by atoms with Gasteiger partial charge < -0.3 is 9.80 Å². The third-order valence-electron chi connectivity index (χ3n) is 8.20. The van der Waals surface area contributed by atoms with Gasteiger partial charge in [0.25, 0.3) is 0 Å². The van der Waals surface area contributed by atoms with Crippen molar-refractivity contribution < 1.29 is 0 Å². The number of rotatable bonds is 4. The van der Waals surface area contributed by atoms with Crippen molar-refractivity contribution in [2.24, 2.45) is 5.41 Å². The minimum Gasteiger partial charge on any atom is -0.356 e. The van der Waals surface area contributed by atoms with E-state index in [2.05, 4.69) is 71.0 Å². The maximum Gasteiger partial charge on any atom is 0.140 e. The van der Waals surface area contributed by atoms with Crippen LogP contribution in [0.3, 0.4) is 0 Å². The maximum absolute atomic E-state index is 5.23. The molecule has 3 aliphatic heterocycles. The molecule has 7 nitrogen and oxygen atoms in total. The van der Waals surface area contributed by atoms with Gasteiger partial charge in [0.05, 0.1) is 11.7 Å². The summed E-state index contributed by atoms with van der Waals surface area (Å²) in [6.07, 6.45) is 6.59. The van der Waals surface area contributed by atoms with Crippen LogP contribution in [0.2, 0.25) is 0 Å². The molecule has 2 atom stereocenters. The van der Waals surface area contributed by atoms with E-state index in [1.165, 1.54) is 37.9 Å². The Morgan fingerprint density at radius 3 is 2.56 bits per heavy atom. The first-order valence-electron chi connectivity index (χ1n) is 12.7. The molecule has 1 aromatic carbocycles. The molecule has 2 unspecified atom stereocenters. The molecule has 3 saturated heterocycles. The highest BCUT2D eigenvalue weighted by atomic mass is 15.4. The van der Waals surface area contributed by atoms with Crippen LogP contribution in [0, 0.1) is 5.41 Å². The largest absolute Gasteiger partial charge is 0.356 e. The zero-order chi connectivity index (χ0) is 23.1. The fraction of sp³-hybridized carbons (Fsp3) is 0.519. The van der Waals surface area contributed by atoms with Crippen molar-refractivity contribution in [1.29, 1.82) is 0 Å². The van der Waals surface area contributed by atoms with Crippen LogP contribution in [0.4, 0.5) is 5.82 Å². The highest BCUT2D eigenvalue weighted by Crippen LogP contribution is 2.41. The van der Waals surface area contributed by atoms with Crippen LogP contribution in [-0.4, -0.2) is 65.7 Å². The summed E-state index contributed by atoms with van der Waals surface area (Å²) in [4.78, 5) is 20.0. The van der Waals surface area contributed by atoms with Crippen LogP contribution >= 0.6 is 0 Å². The Bertz CT molecular complexity index is 1160. The minimum absolute atomic E-state index is 0.256. The molecule has 34 heavy (non-hydrogen) atoms. The van der Waals surface area contributed by atoms with Gasteiger partial charge in [0, 0.05) is 55.6 Å². The van der Waals surface area contributed by atoms with Gasteiger partial charge in [-0.2, -0.15) is 0 Å². The Balaban J connectivity index is 1.36. The van der Waals surface area contributed by atoms with E-state index in [0.29, 0.717) is 11.5 Å². The number of hydrazine groups is 1. The SMILES string of the molecule is CC1NNCC1c1nc(N2CCC3(CCN(C)C3)CC2)c2cc(Cc3ccccc3)ncc2n1. The minimum atomic E-state index is 0.256. The summed E-state index contributed by atoms with van der Waals surface area (Å²) in [6, 6.07) is 13.1. The van der Waals surface area contributed by atoms with Crippen LogP contribution in [0.5, 0.6) is 0 Å². The van der Waals surface area contributed by atoms with Crippen molar-refractivity contribution in [3.05, 3.63) is 59.7 Å². The molecule has 1 spiro atoms. The van der Waals surface area contributed by atoms with E-state index < -0.39 is 0 Å². The van der Waals surface area contributed by atoms with E-state index in [1.807, 2.05) is 6.20 Å². The van der Waals surface area contributed by atoms with Crippen molar-refractivity contribution >= 4 is 16.7 Å². The highest BCUT2D eigenvalue weighted by Gasteiger charge is 2.40. The molecule has 0 radical (unpaired) electrons. The molecular formula is C27H35N7. The van der Waals surface area contributed by atoms with Gasteiger partial charge in [-0.1, -0.05) is 30.3 Å². The quantitative estimate of drug-likeness (QED) is 0.624. The fourth-order valence-electron chi connectivity index (χ4n) is 6.07. The van der Waals surface area contributed by atoms with Crippen molar-refractivity contribution in [3.8, 4) is 0 Å². The molecule has 6 rings (SSSR count). The number of hydrogen-bond acceptors (Lipinski definition) is 7. The standard InChI is InChI=1S/C27H35N7/c1-19-23(16-29-32-19)25-30-24-17-28-21(14-20-6-4-3-5-7-20)15-22(24)26(31-25)34-12-9-27(10-13-34)8-11-33(2)18-27/h3-7,15,17,19,23,29,32H,8-14,16,18H2,1-2H3. The Kier molecular flexibility index (Phi) is 5.71. The number of benzene rings is 1. The molecule has 2 N–H and O–H groups in total. The molecule has 5 heterocycles. The van der Waals surface area contributed by atoms with E-state index in [9.17, 15) is 0 Å². The Morgan fingerprint density at radius 2 is 1.85 bits per heavy atom. The first-order valence-corrected chi connectivity index (χ1v) is 12.7. The lowest BCUT2D eigenvalue weighted by atomic mass is 9.78. The summed E-state index contributed by atoms with van der Waals surface area (Å²) >= 11 is 0. The Hall–Kier alpha value is -2.61. The van der Waals surface area contributed by atoms with E-state index in [1.54, 1.807) is 0 Å². The fourth-order valence-corrected chi connectivity index (χ4v) is 6.07. The van der Waals surface area contributed by atoms with E-state index in [0.717, 1.165) is 54.3 Å². The van der Waals surface area contributed by atoms with Crippen LogP contribution in [0.15, 0.2) is 42.6 Å². The molecule has 2 aromatic heterocycles. The van der Waals surface area contributed by atoms with E-state index in [4.69, 9.17) is 15.0 Å². The molecule has 0 bridgehead atoms. The number of aromatic nitrogens is 3. The number of piperidine rings is 1. The number of likely N-dealkylation sites (tertiary alicyclic amines) is 1. The summed E-state index contributed by atoms with van der Waals surface area (Å²) < 4.78 is 0. The van der Waals surface area contributed by atoms with Crippen LogP contribution in [-0.2, 0) is 6.42 Å². The molecule has 178 valence electrons. The number of hydrogen-bond donors (Lipinski definition) is 2. The Morgan fingerprint density at radius 1 is 1.06 bits per heavy atom. The normalized spacial score (nSPS) is 24.9. The summed E-state index contributed by atoms with van der Waals surface area (Å²) in [5.74, 6) is 2.27. The summed E-state index contributed by atoms with van der Waals surface area (Å²) in [5, 5.41) is 1.13. The lowest BCUT2D eigenvalue weighted by molar-refractivity contribution is 0.222. The van der Waals surface area contributed by atoms with Crippen LogP contribution < -0.4 is 15.8 Å². The van der Waals surface area contributed by atoms with Gasteiger partial charge in [-0.25, -0.2) is 9.97 Å². The molecule has 3 fully saturated rings. The van der Waals surface area contributed by atoms with E-state index in [-0.39, 0.29) is 5.92 Å². The smallest absolute Gasteiger partial charge is 0.140 e. The lowest BCUT2D eigenvalue weighted by Crippen LogP contribution is -2.42. The average Bonchev–Trinajstić information content (AvgIpc) is 3.45. The maximum atomic E-state index is 5.23. The number of fused-ring (bicyclic) bond motifs is 1. The van der Waals surface area contributed by atoms with Gasteiger partial charge in [0.1, 0.15) is 11.6 Å². The number of pyridine rings is 1. The monoisotopic (exact) mass is 457 g/mol. The van der Waals surface area contributed by atoms with Crippen molar-refractivity contribution in [3.63, 3.8) is 0 Å². The zero-order valence-electron chi connectivity index (χ0n) is 20.3. The molecule has 3 aromatic rings. The number of nitrogens with one attached hydrogen (secondary N) is 2. The predicted octanol–water partition coefficient (Wildman–Crippen LogP) is 3.12. The lowest BCUT2D eigenvalue weighted by Gasteiger charge is -2.40. The second-order valence-electron chi connectivity index (χ2n) is 10.7. The van der Waals surface area contributed by atoms with Crippen LogP contribution in [0.1, 0.15) is 49.2 Å². The first-order chi connectivity index (χ1) is 16.6.